The minimum Gasteiger partial charge on any atom is -0.429 e. The lowest BCUT2D eigenvalue weighted by atomic mass is 9.81. The van der Waals surface area contributed by atoms with E-state index < -0.39 is 0 Å². The average molecular weight is 490 g/mol. The maximum atomic E-state index is 11.1. The fraction of sp³-hybridized carbons (Fsp3) is 0.483. The van der Waals surface area contributed by atoms with Crippen molar-refractivity contribution < 1.29 is 9.53 Å². The van der Waals surface area contributed by atoms with E-state index in [4.69, 9.17) is 4.74 Å². The maximum absolute atomic E-state index is 11.1. The standard InChI is InChI=1S/C29H35N3O2S/c33-21-34-23-10-11-24-27(20-23)32-15-14-31(13-12-30-16-18-35-19-17-30)26-9-5-4-8-25(26)29(32)28(24)22-6-2-1-3-7-22/h4-5,8-11,20-22H,1-3,6-7,12-19H2. The number of hydrogen-bond donors (Lipinski definition) is 0. The highest BCUT2D eigenvalue weighted by molar-refractivity contribution is 7.99. The molecule has 3 heterocycles. The SMILES string of the molecule is O=COc1ccc2c(C3CCCCC3)c3n(c2c1)CCN(CCN1CCSCC1)c1ccccc1-3. The van der Waals surface area contributed by atoms with Gasteiger partial charge in [-0.25, -0.2) is 0 Å². The van der Waals surface area contributed by atoms with E-state index in [9.17, 15) is 4.79 Å². The number of fused-ring (bicyclic) bond motifs is 5. The van der Waals surface area contributed by atoms with Gasteiger partial charge in [0, 0.05) is 73.5 Å². The third-order valence-electron chi connectivity index (χ3n) is 8.16. The number of carbonyl (C=O) groups excluding carboxylic acids is 1. The van der Waals surface area contributed by atoms with Crippen LogP contribution >= 0.6 is 11.8 Å². The maximum Gasteiger partial charge on any atom is 0.298 e. The summed E-state index contributed by atoms with van der Waals surface area (Å²) >= 11 is 2.07. The van der Waals surface area contributed by atoms with Gasteiger partial charge < -0.3 is 14.2 Å². The molecular weight excluding hydrogens is 454 g/mol. The molecule has 0 radical (unpaired) electrons. The summed E-state index contributed by atoms with van der Waals surface area (Å²) in [5.41, 5.74) is 6.82. The Hall–Kier alpha value is -2.44. The van der Waals surface area contributed by atoms with Gasteiger partial charge in [-0.1, -0.05) is 37.5 Å². The number of thioether (sulfide) groups is 1. The van der Waals surface area contributed by atoms with Crippen LogP contribution in [0.2, 0.25) is 0 Å². The molecular formula is C29H35N3O2S. The largest absolute Gasteiger partial charge is 0.429 e. The normalized spacial score (nSPS) is 19.3. The van der Waals surface area contributed by atoms with Gasteiger partial charge in [0.15, 0.2) is 0 Å². The minimum atomic E-state index is 0.533. The molecule has 1 saturated heterocycles. The van der Waals surface area contributed by atoms with Crippen molar-refractivity contribution in [2.75, 3.05) is 49.1 Å². The van der Waals surface area contributed by atoms with Crippen molar-refractivity contribution in [3.63, 3.8) is 0 Å². The molecule has 0 unspecified atom stereocenters. The van der Waals surface area contributed by atoms with Gasteiger partial charge >= 0.3 is 0 Å². The van der Waals surface area contributed by atoms with Gasteiger partial charge in [-0.15, -0.1) is 0 Å². The second-order valence-corrected chi connectivity index (χ2v) is 11.3. The Kier molecular flexibility index (Phi) is 6.75. The van der Waals surface area contributed by atoms with E-state index in [1.165, 1.54) is 90.1 Å². The molecule has 35 heavy (non-hydrogen) atoms. The number of benzene rings is 2. The first-order valence-electron chi connectivity index (χ1n) is 13.2. The minimum absolute atomic E-state index is 0.533. The van der Waals surface area contributed by atoms with E-state index in [1.807, 2.05) is 6.07 Å². The third-order valence-corrected chi connectivity index (χ3v) is 9.10. The summed E-state index contributed by atoms with van der Waals surface area (Å²) in [5.74, 6) is 3.72. The van der Waals surface area contributed by atoms with Crippen LogP contribution in [-0.4, -0.2) is 60.2 Å². The monoisotopic (exact) mass is 489 g/mol. The third kappa shape index (κ3) is 4.47. The van der Waals surface area contributed by atoms with Gasteiger partial charge in [-0.05, 0) is 42.5 Å². The molecule has 1 aliphatic carbocycles. The number of aromatic nitrogens is 1. The molecule has 184 valence electrons. The first-order chi connectivity index (χ1) is 17.3. The molecule has 0 spiro atoms. The van der Waals surface area contributed by atoms with E-state index in [1.54, 1.807) is 0 Å². The Labute approximate surface area is 212 Å². The second kappa shape index (κ2) is 10.3. The topological polar surface area (TPSA) is 37.7 Å². The van der Waals surface area contributed by atoms with Crippen LogP contribution in [0.5, 0.6) is 5.75 Å². The molecule has 2 aliphatic heterocycles. The highest BCUT2D eigenvalue weighted by Gasteiger charge is 2.30. The Bertz CT molecular complexity index is 1190. The first-order valence-corrected chi connectivity index (χ1v) is 14.4. The Morgan fingerprint density at radius 2 is 1.77 bits per heavy atom. The first kappa shape index (κ1) is 23.0. The van der Waals surface area contributed by atoms with Crippen LogP contribution in [-0.2, 0) is 11.3 Å². The molecule has 2 fully saturated rings. The van der Waals surface area contributed by atoms with E-state index in [0.29, 0.717) is 18.1 Å². The van der Waals surface area contributed by atoms with Crippen molar-refractivity contribution in [1.29, 1.82) is 0 Å². The highest BCUT2D eigenvalue weighted by atomic mass is 32.2. The smallest absolute Gasteiger partial charge is 0.298 e. The summed E-state index contributed by atoms with van der Waals surface area (Å²) < 4.78 is 7.80. The number of rotatable bonds is 6. The number of para-hydroxylation sites is 1. The fourth-order valence-electron chi connectivity index (χ4n) is 6.42. The van der Waals surface area contributed by atoms with Crippen LogP contribution in [0.25, 0.3) is 22.2 Å². The average Bonchev–Trinajstić information content (AvgIpc) is 3.14. The summed E-state index contributed by atoms with van der Waals surface area (Å²) in [6, 6.07) is 15.2. The molecule has 0 N–H and O–H groups in total. The van der Waals surface area contributed by atoms with Crippen LogP contribution in [0, 0.1) is 0 Å². The van der Waals surface area contributed by atoms with Gasteiger partial charge in [-0.3, -0.25) is 9.69 Å². The van der Waals surface area contributed by atoms with Crippen molar-refractivity contribution >= 4 is 34.8 Å². The van der Waals surface area contributed by atoms with Crippen LogP contribution in [0.4, 0.5) is 5.69 Å². The number of ether oxygens (including phenoxy) is 1. The number of carbonyl (C=O) groups is 1. The lowest BCUT2D eigenvalue weighted by molar-refractivity contribution is -0.120. The molecule has 2 aromatic carbocycles. The van der Waals surface area contributed by atoms with Crippen molar-refractivity contribution in [3.05, 3.63) is 48.0 Å². The predicted octanol–water partition coefficient (Wildman–Crippen LogP) is 5.76. The summed E-state index contributed by atoms with van der Waals surface area (Å²) in [5, 5.41) is 1.33. The zero-order valence-electron chi connectivity index (χ0n) is 20.5. The zero-order chi connectivity index (χ0) is 23.6. The van der Waals surface area contributed by atoms with E-state index in [2.05, 4.69) is 62.5 Å². The van der Waals surface area contributed by atoms with E-state index in [-0.39, 0.29) is 0 Å². The molecule has 1 aromatic heterocycles. The van der Waals surface area contributed by atoms with Crippen molar-refractivity contribution in [2.45, 2.75) is 44.6 Å². The summed E-state index contributed by atoms with van der Waals surface area (Å²) in [4.78, 5) is 16.3. The molecule has 5 nitrogen and oxygen atoms in total. The van der Waals surface area contributed by atoms with Crippen molar-refractivity contribution in [3.8, 4) is 17.0 Å². The lowest BCUT2D eigenvalue weighted by Crippen LogP contribution is -2.40. The molecule has 1 saturated carbocycles. The van der Waals surface area contributed by atoms with Crippen LogP contribution in [0.15, 0.2) is 42.5 Å². The van der Waals surface area contributed by atoms with E-state index in [0.717, 1.165) is 26.2 Å². The van der Waals surface area contributed by atoms with Crippen LogP contribution in [0.3, 0.4) is 0 Å². The molecule has 0 atom stereocenters. The Morgan fingerprint density at radius 3 is 2.60 bits per heavy atom. The molecule has 3 aromatic rings. The number of hydrogen-bond acceptors (Lipinski definition) is 5. The molecule has 3 aliphatic rings. The molecule has 0 amide bonds. The van der Waals surface area contributed by atoms with Crippen LogP contribution in [0.1, 0.15) is 43.6 Å². The second-order valence-electron chi connectivity index (χ2n) is 10.1. The Morgan fingerprint density at radius 1 is 0.943 bits per heavy atom. The van der Waals surface area contributed by atoms with Gasteiger partial charge in [0.1, 0.15) is 5.75 Å². The zero-order valence-corrected chi connectivity index (χ0v) is 21.3. The van der Waals surface area contributed by atoms with Gasteiger partial charge in [-0.2, -0.15) is 11.8 Å². The molecule has 6 heteroatoms. The fourth-order valence-corrected chi connectivity index (χ4v) is 7.40. The lowest BCUT2D eigenvalue weighted by Gasteiger charge is -2.31. The quantitative estimate of drug-likeness (QED) is 0.412. The van der Waals surface area contributed by atoms with Gasteiger partial charge in [0.05, 0.1) is 11.2 Å². The highest BCUT2D eigenvalue weighted by Crippen LogP contribution is 2.47. The van der Waals surface area contributed by atoms with Crippen molar-refractivity contribution in [2.24, 2.45) is 0 Å². The van der Waals surface area contributed by atoms with E-state index >= 15 is 0 Å². The van der Waals surface area contributed by atoms with Gasteiger partial charge in [0.2, 0.25) is 0 Å². The summed E-state index contributed by atoms with van der Waals surface area (Å²) in [6.07, 6.45) is 6.49. The molecule has 6 rings (SSSR count). The summed E-state index contributed by atoms with van der Waals surface area (Å²) in [7, 11) is 0. The molecule has 0 bridgehead atoms. The number of nitrogens with zero attached hydrogens (tertiary/aromatic N) is 3. The predicted molar refractivity (Wildman–Crippen MR) is 146 cm³/mol. The van der Waals surface area contributed by atoms with Gasteiger partial charge in [0.25, 0.3) is 6.47 Å². The van der Waals surface area contributed by atoms with Crippen molar-refractivity contribution in [1.82, 2.24) is 9.47 Å². The number of anilines is 1. The summed E-state index contributed by atoms with van der Waals surface area (Å²) in [6.45, 7) is 7.05. The Balaban J connectivity index is 1.45. The van der Waals surface area contributed by atoms with Crippen LogP contribution < -0.4 is 9.64 Å².